The zero-order valence-electron chi connectivity index (χ0n) is 12.7. The minimum Gasteiger partial charge on any atom is -0.337 e. The summed E-state index contributed by atoms with van der Waals surface area (Å²) in [6, 6.07) is 7.59. The van der Waals surface area contributed by atoms with Gasteiger partial charge in [-0.15, -0.1) is 16.8 Å². The van der Waals surface area contributed by atoms with Gasteiger partial charge in [0.1, 0.15) is 5.82 Å². The minimum absolute atomic E-state index is 0.647. The van der Waals surface area contributed by atoms with Gasteiger partial charge in [0.2, 0.25) is 0 Å². The minimum atomic E-state index is 0.647. The van der Waals surface area contributed by atoms with E-state index < -0.39 is 0 Å². The Morgan fingerprint density at radius 1 is 1.26 bits per heavy atom. The van der Waals surface area contributed by atoms with E-state index in [0.29, 0.717) is 11.6 Å². The van der Waals surface area contributed by atoms with E-state index in [4.69, 9.17) is 11.6 Å². The van der Waals surface area contributed by atoms with Crippen LogP contribution in [0, 0.1) is 0 Å². The van der Waals surface area contributed by atoms with Gasteiger partial charge in [-0.2, -0.15) is 0 Å². The van der Waals surface area contributed by atoms with E-state index in [2.05, 4.69) is 21.8 Å². The zero-order valence-corrected chi connectivity index (χ0v) is 14.3. The molecule has 5 nitrogen and oxygen atoms in total. The molecule has 0 N–H and O–H groups in total. The van der Waals surface area contributed by atoms with Crippen LogP contribution in [0.25, 0.3) is 11.4 Å². The molecule has 3 aromatic rings. The Morgan fingerprint density at radius 2 is 2.04 bits per heavy atom. The Kier molecular flexibility index (Phi) is 4.83. The second-order valence-corrected chi connectivity index (χ2v) is 6.33. The summed E-state index contributed by atoms with van der Waals surface area (Å²) in [5, 5.41) is 10.2. The van der Waals surface area contributed by atoms with Crippen molar-refractivity contribution in [2.45, 2.75) is 17.5 Å². The van der Waals surface area contributed by atoms with Crippen LogP contribution < -0.4 is 0 Å². The first kappa shape index (κ1) is 15.8. The highest BCUT2D eigenvalue weighted by Crippen LogP contribution is 2.26. The first-order valence-corrected chi connectivity index (χ1v) is 8.44. The summed E-state index contributed by atoms with van der Waals surface area (Å²) in [6.07, 6.45) is 5.57. The van der Waals surface area contributed by atoms with Crippen molar-refractivity contribution in [1.29, 1.82) is 0 Å². The van der Waals surface area contributed by atoms with Crippen LogP contribution in [0.2, 0.25) is 5.02 Å². The van der Waals surface area contributed by atoms with Gasteiger partial charge in [-0.3, -0.25) is 4.57 Å². The molecule has 0 aliphatic heterocycles. The largest absolute Gasteiger partial charge is 0.337 e. The van der Waals surface area contributed by atoms with Gasteiger partial charge >= 0.3 is 0 Å². The Morgan fingerprint density at radius 3 is 2.70 bits per heavy atom. The average Bonchev–Trinajstić information content (AvgIpc) is 3.13. The monoisotopic (exact) mass is 345 g/mol. The summed E-state index contributed by atoms with van der Waals surface area (Å²) in [7, 11) is 1.98. The van der Waals surface area contributed by atoms with E-state index in [9.17, 15) is 0 Å². The third-order valence-corrected chi connectivity index (χ3v) is 4.60. The summed E-state index contributed by atoms with van der Waals surface area (Å²) in [6.45, 7) is 4.47. The Labute approximate surface area is 144 Å². The molecule has 23 heavy (non-hydrogen) atoms. The molecule has 0 bridgehead atoms. The van der Waals surface area contributed by atoms with Gasteiger partial charge in [0.05, 0.1) is 5.75 Å². The predicted octanol–water partition coefficient (Wildman–Crippen LogP) is 3.81. The van der Waals surface area contributed by atoms with Crippen molar-refractivity contribution in [2.75, 3.05) is 0 Å². The van der Waals surface area contributed by atoms with Crippen LogP contribution in [0.1, 0.15) is 5.82 Å². The third-order valence-electron chi connectivity index (χ3n) is 3.38. The summed E-state index contributed by atoms with van der Waals surface area (Å²) in [5.74, 6) is 2.54. The van der Waals surface area contributed by atoms with E-state index in [1.54, 1.807) is 18.0 Å². The van der Waals surface area contributed by atoms with Crippen molar-refractivity contribution in [1.82, 2.24) is 24.3 Å². The highest BCUT2D eigenvalue weighted by atomic mass is 35.5. The molecule has 0 amide bonds. The summed E-state index contributed by atoms with van der Waals surface area (Å²) in [5.41, 5.74) is 0.979. The van der Waals surface area contributed by atoms with Crippen LogP contribution in [0.4, 0.5) is 0 Å². The number of aryl methyl sites for hydroxylation is 1. The van der Waals surface area contributed by atoms with Crippen LogP contribution in [0.5, 0.6) is 0 Å². The molecule has 0 unspecified atom stereocenters. The molecule has 0 saturated carbocycles. The average molecular weight is 346 g/mol. The summed E-state index contributed by atoms with van der Waals surface area (Å²) in [4.78, 5) is 4.33. The second-order valence-electron chi connectivity index (χ2n) is 4.96. The normalized spacial score (nSPS) is 10.9. The fraction of sp³-hybridized carbons (Fsp3) is 0.188. The van der Waals surface area contributed by atoms with Gasteiger partial charge in [0, 0.05) is 36.6 Å². The zero-order chi connectivity index (χ0) is 16.2. The van der Waals surface area contributed by atoms with Crippen LogP contribution >= 0.6 is 23.4 Å². The molecule has 2 aromatic heterocycles. The molecule has 7 heteroatoms. The maximum Gasteiger partial charge on any atom is 0.192 e. The maximum atomic E-state index is 5.95. The lowest BCUT2D eigenvalue weighted by molar-refractivity contribution is 0.729. The fourth-order valence-electron chi connectivity index (χ4n) is 2.17. The topological polar surface area (TPSA) is 48.5 Å². The molecule has 0 aliphatic carbocycles. The van der Waals surface area contributed by atoms with Crippen LogP contribution in [0.3, 0.4) is 0 Å². The third kappa shape index (κ3) is 3.48. The van der Waals surface area contributed by atoms with E-state index >= 15 is 0 Å². The number of hydrogen-bond acceptors (Lipinski definition) is 4. The SMILES string of the molecule is C=CCn1c(SCc2nccn2C)nnc1-c1ccc(Cl)cc1. The Balaban J connectivity index is 1.87. The molecular formula is C16H16ClN5S. The predicted molar refractivity (Wildman–Crippen MR) is 93.4 cm³/mol. The molecular weight excluding hydrogens is 330 g/mol. The number of nitrogens with zero attached hydrogens (tertiary/aromatic N) is 5. The molecule has 0 radical (unpaired) electrons. The van der Waals surface area contributed by atoms with Gasteiger partial charge in [-0.1, -0.05) is 29.4 Å². The lowest BCUT2D eigenvalue weighted by Gasteiger charge is -2.08. The van der Waals surface area contributed by atoms with Gasteiger partial charge in [-0.25, -0.2) is 4.98 Å². The van der Waals surface area contributed by atoms with Crippen molar-refractivity contribution < 1.29 is 0 Å². The number of allylic oxidation sites excluding steroid dienone is 1. The summed E-state index contributed by atoms with van der Waals surface area (Å²) >= 11 is 7.56. The van der Waals surface area contributed by atoms with E-state index in [-0.39, 0.29) is 0 Å². The molecule has 0 fully saturated rings. The number of imidazole rings is 1. The van der Waals surface area contributed by atoms with Gasteiger partial charge in [-0.05, 0) is 24.3 Å². The van der Waals surface area contributed by atoms with E-state index in [1.165, 1.54) is 0 Å². The first-order valence-electron chi connectivity index (χ1n) is 7.08. The van der Waals surface area contributed by atoms with Gasteiger partial charge < -0.3 is 4.57 Å². The smallest absolute Gasteiger partial charge is 0.192 e. The lowest BCUT2D eigenvalue weighted by atomic mass is 10.2. The quantitative estimate of drug-likeness (QED) is 0.503. The van der Waals surface area contributed by atoms with E-state index in [0.717, 1.165) is 28.1 Å². The van der Waals surface area contributed by atoms with Crippen LogP contribution in [-0.4, -0.2) is 24.3 Å². The molecule has 0 atom stereocenters. The Bertz CT molecular complexity index is 806. The van der Waals surface area contributed by atoms with Crippen LogP contribution in [-0.2, 0) is 19.3 Å². The highest BCUT2D eigenvalue weighted by Gasteiger charge is 2.14. The molecule has 3 rings (SSSR count). The van der Waals surface area contributed by atoms with Crippen molar-refractivity contribution in [3.63, 3.8) is 0 Å². The number of hydrogen-bond donors (Lipinski definition) is 0. The number of rotatable bonds is 6. The van der Waals surface area contributed by atoms with Gasteiger partial charge in [0.15, 0.2) is 11.0 Å². The highest BCUT2D eigenvalue weighted by molar-refractivity contribution is 7.98. The maximum absolute atomic E-state index is 5.95. The lowest BCUT2D eigenvalue weighted by Crippen LogP contribution is -2.01. The van der Waals surface area contributed by atoms with Crippen molar-refractivity contribution in [3.05, 3.63) is 60.2 Å². The van der Waals surface area contributed by atoms with Crippen LogP contribution in [0.15, 0.2) is 54.5 Å². The number of halogens is 1. The first-order chi connectivity index (χ1) is 11.2. The van der Waals surface area contributed by atoms with Crippen molar-refractivity contribution in [3.8, 4) is 11.4 Å². The van der Waals surface area contributed by atoms with Gasteiger partial charge in [0.25, 0.3) is 0 Å². The molecule has 0 aliphatic rings. The molecule has 0 spiro atoms. The van der Waals surface area contributed by atoms with Crippen molar-refractivity contribution >= 4 is 23.4 Å². The fourth-order valence-corrected chi connectivity index (χ4v) is 3.24. The second kappa shape index (κ2) is 7.02. The molecule has 2 heterocycles. The number of benzene rings is 1. The molecule has 118 valence electrons. The number of thioether (sulfide) groups is 1. The standard InChI is InChI=1S/C16H16ClN5S/c1-3-9-22-15(12-4-6-13(17)7-5-12)19-20-16(22)23-11-14-18-8-10-21(14)2/h3-8,10H,1,9,11H2,2H3. The van der Waals surface area contributed by atoms with Crippen molar-refractivity contribution in [2.24, 2.45) is 7.05 Å². The Hall–Kier alpha value is -2.05. The molecule has 0 saturated heterocycles. The summed E-state index contributed by atoms with van der Waals surface area (Å²) < 4.78 is 4.05. The molecule has 1 aromatic carbocycles. The number of aromatic nitrogens is 5. The van der Waals surface area contributed by atoms with E-state index in [1.807, 2.05) is 52.7 Å².